The lowest BCUT2D eigenvalue weighted by Gasteiger charge is -2.17. The van der Waals surface area contributed by atoms with Gasteiger partial charge in [-0.05, 0) is 31.2 Å². The molecule has 0 amide bonds. The van der Waals surface area contributed by atoms with E-state index in [2.05, 4.69) is 12.2 Å². The molecule has 0 fully saturated rings. The van der Waals surface area contributed by atoms with Gasteiger partial charge in [0.05, 0.1) is 4.90 Å². The van der Waals surface area contributed by atoms with Crippen LogP contribution in [0, 0.1) is 0 Å². The largest absolute Gasteiger partial charge is 0.316 e. The molecule has 0 aromatic heterocycles. The number of nitrogens with zero attached hydrogens (tertiary/aromatic N) is 1. The molecule has 0 bridgehead atoms. The van der Waals surface area contributed by atoms with E-state index in [1.54, 1.807) is 25.2 Å². The first-order chi connectivity index (χ1) is 9.02. The van der Waals surface area contributed by atoms with Crippen molar-refractivity contribution in [2.75, 3.05) is 20.6 Å². The first-order valence-electron chi connectivity index (χ1n) is 6.72. The van der Waals surface area contributed by atoms with Crippen LogP contribution in [0.3, 0.4) is 0 Å². The fraction of sp³-hybridized carbons (Fsp3) is 0.571. The van der Waals surface area contributed by atoms with Crippen molar-refractivity contribution in [3.63, 3.8) is 0 Å². The van der Waals surface area contributed by atoms with E-state index in [1.165, 1.54) is 4.31 Å². The highest BCUT2D eigenvalue weighted by molar-refractivity contribution is 7.89. The summed E-state index contributed by atoms with van der Waals surface area (Å²) in [5.74, 6) is 0. The summed E-state index contributed by atoms with van der Waals surface area (Å²) in [6.07, 6.45) is 3.05. The van der Waals surface area contributed by atoms with Gasteiger partial charge < -0.3 is 5.32 Å². The molecule has 5 heteroatoms. The van der Waals surface area contributed by atoms with E-state index in [-0.39, 0.29) is 0 Å². The molecule has 0 radical (unpaired) electrons. The summed E-state index contributed by atoms with van der Waals surface area (Å²) in [7, 11) is 0.139. The fourth-order valence-corrected chi connectivity index (χ4v) is 3.18. The molecule has 1 N–H and O–H groups in total. The molecule has 1 aromatic rings. The second-order valence-electron chi connectivity index (χ2n) is 4.71. The Balaban J connectivity index is 2.83. The van der Waals surface area contributed by atoms with E-state index in [9.17, 15) is 8.42 Å². The molecule has 0 unspecified atom stereocenters. The molecule has 4 nitrogen and oxygen atoms in total. The summed E-state index contributed by atoms with van der Waals surface area (Å²) in [4.78, 5) is 0.374. The van der Waals surface area contributed by atoms with E-state index >= 15 is 0 Å². The Labute approximate surface area is 116 Å². The minimum absolute atomic E-state index is 0.374. The fourth-order valence-electron chi connectivity index (χ4n) is 1.90. The van der Waals surface area contributed by atoms with E-state index in [4.69, 9.17) is 0 Å². The van der Waals surface area contributed by atoms with Gasteiger partial charge in [0.1, 0.15) is 0 Å². The molecule has 19 heavy (non-hydrogen) atoms. The third-order valence-electron chi connectivity index (χ3n) is 3.06. The lowest BCUT2D eigenvalue weighted by Crippen LogP contribution is -2.28. The van der Waals surface area contributed by atoms with Crippen LogP contribution in [0.2, 0.25) is 0 Å². The van der Waals surface area contributed by atoms with E-state index in [0.717, 1.165) is 24.8 Å². The highest BCUT2D eigenvalue weighted by Crippen LogP contribution is 2.16. The number of hydrogen-bond acceptors (Lipinski definition) is 3. The second-order valence-corrected chi connectivity index (χ2v) is 6.76. The predicted molar refractivity (Wildman–Crippen MR) is 78.5 cm³/mol. The molecular formula is C14H24N2O2S. The van der Waals surface area contributed by atoms with Crippen LogP contribution in [0.5, 0.6) is 0 Å². The lowest BCUT2D eigenvalue weighted by atomic mass is 10.2. The van der Waals surface area contributed by atoms with Crippen LogP contribution in [0.25, 0.3) is 0 Å². The smallest absolute Gasteiger partial charge is 0.242 e. The van der Waals surface area contributed by atoms with Crippen LogP contribution in [0.15, 0.2) is 29.2 Å². The molecule has 1 rings (SSSR count). The molecule has 0 saturated carbocycles. The third kappa shape index (κ3) is 4.60. The van der Waals surface area contributed by atoms with Crippen LogP contribution in [0.4, 0.5) is 0 Å². The normalized spacial score (nSPS) is 12.0. The Bertz CT molecular complexity index is 486. The molecule has 0 aliphatic heterocycles. The van der Waals surface area contributed by atoms with Gasteiger partial charge in [-0.1, -0.05) is 31.9 Å². The summed E-state index contributed by atoms with van der Waals surface area (Å²) in [5.41, 5.74) is 0.977. The summed E-state index contributed by atoms with van der Waals surface area (Å²) in [6.45, 7) is 3.35. The van der Waals surface area contributed by atoms with Crippen LogP contribution in [-0.2, 0) is 16.6 Å². The molecule has 0 heterocycles. The summed E-state index contributed by atoms with van der Waals surface area (Å²) in [5, 5.41) is 3.03. The maximum Gasteiger partial charge on any atom is 0.242 e. The second kappa shape index (κ2) is 7.62. The highest BCUT2D eigenvalue weighted by Gasteiger charge is 2.20. The minimum Gasteiger partial charge on any atom is -0.316 e. The molecule has 0 atom stereocenters. The number of benzene rings is 1. The zero-order chi connectivity index (χ0) is 14.3. The standard InChI is InChI=1S/C14H24N2O2S/c1-4-5-6-10-16(3)19(17,18)14-9-7-8-13(11-14)12-15-2/h7-9,11,15H,4-6,10,12H2,1-3H3. The van der Waals surface area contributed by atoms with Crippen molar-refractivity contribution in [3.8, 4) is 0 Å². The summed E-state index contributed by atoms with van der Waals surface area (Å²) in [6, 6.07) is 7.11. The molecule has 1 aromatic carbocycles. The highest BCUT2D eigenvalue weighted by atomic mass is 32.2. The van der Waals surface area contributed by atoms with Gasteiger partial charge in [-0.25, -0.2) is 12.7 Å². The van der Waals surface area contributed by atoms with Gasteiger partial charge in [-0.15, -0.1) is 0 Å². The van der Waals surface area contributed by atoms with Crippen LogP contribution >= 0.6 is 0 Å². The first-order valence-corrected chi connectivity index (χ1v) is 8.16. The van der Waals surface area contributed by atoms with Gasteiger partial charge in [0.15, 0.2) is 0 Å². The lowest BCUT2D eigenvalue weighted by molar-refractivity contribution is 0.454. The molecule has 0 aliphatic rings. The van der Waals surface area contributed by atoms with Crippen molar-refractivity contribution in [1.29, 1.82) is 0 Å². The van der Waals surface area contributed by atoms with Crippen molar-refractivity contribution in [1.82, 2.24) is 9.62 Å². The van der Waals surface area contributed by atoms with Crippen LogP contribution in [-0.4, -0.2) is 33.4 Å². The number of nitrogens with one attached hydrogen (secondary N) is 1. The quantitative estimate of drug-likeness (QED) is 0.745. The van der Waals surface area contributed by atoms with Crippen molar-refractivity contribution in [2.24, 2.45) is 0 Å². The molecule has 0 aliphatic carbocycles. The number of rotatable bonds is 8. The molecule has 0 spiro atoms. The van der Waals surface area contributed by atoms with E-state index < -0.39 is 10.0 Å². The molecule has 0 saturated heterocycles. The maximum atomic E-state index is 12.4. The van der Waals surface area contributed by atoms with Gasteiger partial charge in [0, 0.05) is 20.1 Å². The Morgan fingerprint density at radius 2 is 2.00 bits per heavy atom. The average Bonchev–Trinajstić information content (AvgIpc) is 2.39. The molecule has 108 valence electrons. The van der Waals surface area contributed by atoms with Gasteiger partial charge >= 0.3 is 0 Å². The van der Waals surface area contributed by atoms with Gasteiger partial charge in [-0.3, -0.25) is 0 Å². The Kier molecular flexibility index (Phi) is 6.48. The zero-order valence-corrected chi connectivity index (χ0v) is 12.8. The predicted octanol–water partition coefficient (Wildman–Crippen LogP) is 2.22. The van der Waals surface area contributed by atoms with Crippen molar-refractivity contribution < 1.29 is 8.42 Å². The maximum absolute atomic E-state index is 12.4. The Hall–Kier alpha value is -0.910. The molecular weight excluding hydrogens is 260 g/mol. The average molecular weight is 284 g/mol. The zero-order valence-electron chi connectivity index (χ0n) is 12.0. The Morgan fingerprint density at radius 1 is 1.26 bits per heavy atom. The van der Waals surface area contributed by atoms with Crippen LogP contribution < -0.4 is 5.32 Å². The minimum atomic E-state index is -3.35. The first kappa shape index (κ1) is 16.1. The third-order valence-corrected chi connectivity index (χ3v) is 4.92. The van der Waals surface area contributed by atoms with E-state index in [1.807, 2.05) is 13.1 Å². The SMILES string of the molecule is CCCCCN(C)S(=O)(=O)c1cccc(CNC)c1. The summed E-state index contributed by atoms with van der Waals surface area (Å²) >= 11 is 0. The number of sulfonamides is 1. The van der Waals surface area contributed by atoms with Crippen molar-refractivity contribution >= 4 is 10.0 Å². The van der Waals surface area contributed by atoms with Crippen molar-refractivity contribution in [2.45, 2.75) is 37.6 Å². The number of unbranched alkanes of at least 4 members (excludes halogenated alkanes) is 2. The van der Waals surface area contributed by atoms with E-state index in [0.29, 0.717) is 18.0 Å². The van der Waals surface area contributed by atoms with Gasteiger partial charge in [-0.2, -0.15) is 0 Å². The number of hydrogen-bond donors (Lipinski definition) is 1. The topological polar surface area (TPSA) is 49.4 Å². The van der Waals surface area contributed by atoms with Crippen LogP contribution in [0.1, 0.15) is 31.7 Å². The van der Waals surface area contributed by atoms with Crippen molar-refractivity contribution in [3.05, 3.63) is 29.8 Å². The van der Waals surface area contributed by atoms with Gasteiger partial charge in [0.25, 0.3) is 0 Å². The van der Waals surface area contributed by atoms with Gasteiger partial charge in [0.2, 0.25) is 10.0 Å². The monoisotopic (exact) mass is 284 g/mol. The Morgan fingerprint density at radius 3 is 2.63 bits per heavy atom. The summed E-state index contributed by atoms with van der Waals surface area (Å²) < 4.78 is 26.2.